The maximum Gasteiger partial charge on any atom is 0.280 e. The van der Waals surface area contributed by atoms with Crippen molar-refractivity contribution in [2.75, 3.05) is 17.7 Å². The van der Waals surface area contributed by atoms with E-state index >= 15 is 0 Å². The fourth-order valence-electron chi connectivity index (χ4n) is 3.47. The number of aliphatic hydroxyl groups is 2. The highest BCUT2D eigenvalue weighted by atomic mass is 16.5. The molecule has 0 saturated carbocycles. The Morgan fingerprint density at radius 1 is 1.39 bits per heavy atom. The second-order valence-corrected chi connectivity index (χ2v) is 6.99. The van der Waals surface area contributed by atoms with Crippen molar-refractivity contribution in [2.45, 2.75) is 38.7 Å². The smallest absolute Gasteiger partial charge is 0.280 e. The molecule has 10 heteroatoms. The van der Waals surface area contributed by atoms with E-state index in [9.17, 15) is 15.0 Å². The molecule has 0 amide bonds. The summed E-state index contributed by atoms with van der Waals surface area (Å²) < 4.78 is 7.37. The second kappa shape index (κ2) is 6.89. The molecule has 0 radical (unpaired) electrons. The van der Waals surface area contributed by atoms with Gasteiger partial charge in [0.25, 0.3) is 5.56 Å². The van der Waals surface area contributed by atoms with E-state index in [1.807, 2.05) is 32.0 Å². The van der Waals surface area contributed by atoms with Crippen molar-refractivity contribution in [3.8, 4) is 0 Å². The first-order chi connectivity index (χ1) is 13.4. The summed E-state index contributed by atoms with van der Waals surface area (Å²) in [6.45, 7) is 3.64. The minimum atomic E-state index is -0.847. The molecule has 3 heterocycles. The number of aromatic nitrogens is 4. The van der Waals surface area contributed by atoms with Crippen molar-refractivity contribution < 1.29 is 14.9 Å². The number of aryl methyl sites for hydroxylation is 2. The molecular formula is C18H22N6O4. The fourth-order valence-corrected chi connectivity index (χ4v) is 3.47. The van der Waals surface area contributed by atoms with Gasteiger partial charge in [0.1, 0.15) is 12.3 Å². The number of nitrogens with one attached hydrogen (secondary N) is 2. The van der Waals surface area contributed by atoms with Crippen LogP contribution in [0.2, 0.25) is 0 Å². The molecule has 6 N–H and O–H groups in total. The summed E-state index contributed by atoms with van der Waals surface area (Å²) in [7, 11) is 0. The van der Waals surface area contributed by atoms with Crippen molar-refractivity contribution in [2.24, 2.45) is 0 Å². The van der Waals surface area contributed by atoms with Gasteiger partial charge in [-0.3, -0.25) is 14.3 Å². The molecule has 1 aromatic carbocycles. The number of aromatic amines is 1. The Bertz CT molecular complexity index is 1090. The lowest BCUT2D eigenvalue weighted by Gasteiger charge is -2.18. The number of anilines is 3. The minimum Gasteiger partial charge on any atom is -0.394 e. The summed E-state index contributed by atoms with van der Waals surface area (Å²) in [5.41, 5.74) is 8.52. The third-order valence-electron chi connectivity index (χ3n) is 4.87. The number of aliphatic hydroxyl groups excluding tert-OH is 2. The zero-order chi connectivity index (χ0) is 20.0. The van der Waals surface area contributed by atoms with Crippen LogP contribution in [0, 0.1) is 13.8 Å². The van der Waals surface area contributed by atoms with Crippen molar-refractivity contribution in [1.82, 2.24) is 19.5 Å². The van der Waals surface area contributed by atoms with Gasteiger partial charge in [-0.1, -0.05) is 17.7 Å². The molecule has 1 aliphatic rings. The normalized spacial score (nSPS) is 22.1. The van der Waals surface area contributed by atoms with E-state index in [0.29, 0.717) is 5.95 Å². The van der Waals surface area contributed by atoms with Gasteiger partial charge >= 0.3 is 0 Å². The van der Waals surface area contributed by atoms with Crippen LogP contribution in [0.15, 0.2) is 23.0 Å². The molecule has 3 aromatic rings. The summed E-state index contributed by atoms with van der Waals surface area (Å²) >= 11 is 0. The highest BCUT2D eigenvalue weighted by molar-refractivity contribution is 5.76. The predicted molar refractivity (Wildman–Crippen MR) is 103 cm³/mol. The molecule has 0 bridgehead atoms. The van der Waals surface area contributed by atoms with E-state index in [1.54, 1.807) is 4.57 Å². The van der Waals surface area contributed by atoms with Crippen molar-refractivity contribution in [3.05, 3.63) is 39.7 Å². The number of nitrogens with two attached hydrogens (primary N) is 1. The number of rotatable bonds is 4. The van der Waals surface area contributed by atoms with E-state index in [2.05, 4.69) is 20.3 Å². The lowest BCUT2D eigenvalue weighted by molar-refractivity contribution is -0.0425. The standard InChI is InChI=1S/C18H22N6O4/c1-8-3-4-10(9(2)5-8)20-18-21-14-15(22-17(19)23-16(14)27)24(18)13-6-11(26)12(7-25)28-13/h3-5,11-13,25-26H,6-7H2,1-2H3,(H,20,21)(H3,19,22,23,27). The van der Waals surface area contributed by atoms with Gasteiger partial charge in [0.2, 0.25) is 11.9 Å². The van der Waals surface area contributed by atoms with Gasteiger partial charge in [-0.2, -0.15) is 4.98 Å². The lowest BCUT2D eigenvalue weighted by atomic mass is 10.1. The first-order valence-electron chi connectivity index (χ1n) is 8.93. The largest absolute Gasteiger partial charge is 0.394 e. The van der Waals surface area contributed by atoms with Gasteiger partial charge in [-0.25, -0.2) is 4.98 Å². The average Bonchev–Trinajstić information content (AvgIpc) is 3.17. The van der Waals surface area contributed by atoms with Crippen LogP contribution in [-0.2, 0) is 4.74 Å². The van der Waals surface area contributed by atoms with Crippen LogP contribution in [0.25, 0.3) is 11.2 Å². The molecule has 148 valence electrons. The molecule has 3 atom stereocenters. The zero-order valence-electron chi connectivity index (χ0n) is 15.5. The first kappa shape index (κ1) is 18.4. The average molecular weight is 386 g/mol. The van der Waals surface area contributed by atoms with Gasteiger partial charge in [0.05, 0.1) is 12.7 Å². The van der Waals surface area contributed by atoms with Crippen LogP contribution in [-0.4, -0.2) is 48.5 Å². The number of ether oxygens (including phenoxy) is 1. The minimum absolute atomic E-state index is 0.0472. The van der Waals surface area contributed by atoms with Gasteiger partial charge in [0, 0.05) is 12.1 Å². The van der Waals surface area contributed by atoms with Gasteiger partial charge in [-0.15, -0.1) is 0 Å². The third kappa shape index (κ3) is 3.11. The van der Waals surface area contributed by atoms with E-state index in [1.165, 1.54) is 0 Å². The van der Waals surface area contributed by atoms with Crippen molar-refractivity contribution in [1.29, 1.82) is 0 Å². The quantitative estimate of drug-likeness (QED) is 0.439. The first-order valence-corrected chi connectivity index (χ1v) is 8.93. The number of benzene rings is 1. The van der Waals surface area contributed by atoms with Crippen LogP contribution in [0.4, 0.5) is 17.6 Å². The van der Waals surface area contributed by atoms with Crippen molar-refractivity contribution >= 4 is 28.7 Å². The summed E-state index contributed by atoms with van der Waals surface area (Å²) in [6.07, 6.45) is -2.03. The Labute approximate surface area is 160 Å². The second-order valence-electron chi connectivity index (χ2n) is 6.99. The number of hydrogen-bond donors (Lipinski definition) is 5. The zero-order valence-corrected chi connectivity index (χ0v) is 15.5. The maximum atomic E-state index is 12.3. The molecule has 1 saturated heterocycles. The van der Waals surface area contributed by atoms with E-state index in [-0.39, 0.29) is 30.1 Å². The monoisotopic (exact) mass is 386 g/mol. The molecule has 1 fully saturated rings. The van der Waals surface area contributed by atoms with Crippen LogP contribution >= 0.6 is 0 Å². The molecule has 2 aromatic heterocycles. The molecule has 0 spiro atoms. The van der Waals surface area contributed by atoms with Gasteiger partial charge in [-0.05, 0) is 25.5 Å². The SMILES string of the molecule is Cc1ccc(Nc2nc3c(=O)[nH]c(N)nc3n2C2CC(O)C(CO)O2)c(C)c1. The number of imidazole rings is 1. The Hall–Kier alpha value is -2.95. The number of nitrogen functional groups attached to an aromatic ring is 1. The molecule has 28 heavy (non-hydrogen) atoms. The van der Waals surface area contributed by atoms with Crippen LogP contribution in [0.3, 0.4) is 0 Å². The van der Waals surface area contributed by atoms with Crippen LogP contribution in [0.5, 0.6) is 0 Å². The summed E-state index contributed by atoms with van der Waals surface area (Å²) in [5.74, 6) is 0.287. The summed E-state index contributed by atoms with van der Waals surface area (Å²) in [5, 5.41) is 22.8. The Kier molecular flexibility index (Phi) is 4.53. The summed E-state index contributed by atoms with van der Waals surface area (Å²) in [4.78, 5) is 23.4. The van der Waals surface area contributed by atoms with Crippen molar-refractivity contribution in [3.63, 3.8) is 0 Å². The van der Waals surface area contributed by atoms with E-state index in [0.717, 1.165) is 16.8 Å². The highest BCUT2D eigenvalue weighted by Gasteiger charge is 2.37. The number of hydrogen-bond acceptors (Lipinski definition) is 8. The Balaban J connectivity index is 1.85. The van der Waals surface area contributed by atoms with Crippen LogP contribution < -0.4 is 16.6 Å². The third-order valence-corrected chi connectivity index (χ3v) is 4.87. The lowest BCUT2D eigenvalue weighted by Crippen LogP contribution is -2.24. The van der Waals surface area contributed by atoms with Gasteiger partial charge < -0.3 is 26.0 Å². The van der Waals surface area contributed by atoms with E-state index in [4.69, 9.17) is 10.5 Å². The number of nitrogens with zero attached hydrogens (tertiary/aromatic N) is 3. The topological polar surface area (TPSA) is 151 Å². The van der Waals surface area contributed by atoms with Crippen LogP contribution in [0.1, 0.15) is 23.8 Å². The highest BCUT2D eigenvalue weighted by Crippen LogP contribution is 2.34. The maximum absolute atomic E-state index is 12.3. The number of fused-ring (bicyclic) bond motifs is 1. The molecular weight excluding hydrogens is 364 g/mol. The Morgan fingerprint density at radius 3 is 2.86 bits per heavy atom. The Morgan fingerprint density at radius 2 is 2.18 bits per heavy atom. The molecule has 3 unspecified atom stereocenters. The van der Waals surface area contributed by atoms with E-state index < -0.39 is 24.0 Å². The predicted octanol–water partition coefficient (Wildman–Crippen LogP) is 0.703. The summed E-state index contributed by atoms with van der Waals surface area (Å²) in [6, 6.07) is 5.90. The molecule has 0 aliphatic carbocycles. The number of H-pyrrole nitrogens is 1. The van der Waals surface area contributed by atoms with Gasteiger partial charge in [0.15, 0.2) is 11.2 Å². The molecule has 10 nitrogen and oxygen atoms in total. The molecule has 1 aliphatic heterocycles. The fraction of sp³-hybridized carbons (Fsp3) is 0.389. The molecule has 4 rings (SSSR count).